The molecule has 0 atom stereocenters. The van der Waals surface area contributed by atoms with Crippen LogP contribution in [-0.4, -0.2) is 35.9 Å². The van der Waals surface area contributed by atoms with Crippen LogP contribution in [0.1, 0.15) is 21.9 Å². The maximum absolute atomic E-state index is 11.9. The van der Waals surface area contributed by atoms with Gasteiger partial charge >= 0.3 is 0 Å². The summed E-state index contributed by atoms with van der Waals surface area (Å²) in [6.45, 7) is 2.07. The normalized spacial score (nSPS) is 10.4. The van der Waals surface area contributed by atoms with Crippen LogP contribution in [0.4, 0.5) is 0 Å². The highest BCUT2D eigenvalue weighted by molar-refractivity contribution is 5.91. The molecule has 0 saturated heterocycles. The van der Waals surface area contributed by atoms with Gasteiger partial charge in [-0.25, -0.2) is 9.67 Å². The third kappa shape index (κ3) is 3.11. The average Bonchev–Trinajstić information content (AvgIpc) is 3.03. The molecule has 0 radical (unpaired) electrons. The number of nitrogens with one attached hydrogen (secondary N) is 1. The molecule has 3 rings (SSSR count). The van der Waals surface area contributed by atoms with Crippen LogP contribution in [0, 0.1) is 6.92 Å². The third-order valence-electron chi connectivity index (χ3n) is 2.89. The van der Waals surface area contributed by atoms with E-state index in [9.17, 15) is 4.79 Å². The SMILES string of the molecule is Cc1cnc(C(=O)NCc2cn(-c3cccnc3)nn2)cn1. The summed E-state index contributed by atoms with van der Waals surface area (Å²) in [7, 11) is 0. The van der Waals surface area contributed by atoms with Crippen molar-refractivity contribution in [1.82, 2.24) is 35.3 Å². The first kappa shape index (κ1) is 13.8. The van der Waals surface area contributed by atoms with Crippen molar-refractivity contribution < 1.29 is 4.79 Å². The van der Waals surface area contributed by atoms with Crippen molar-refractivity contribution in [2.75, 3.05) is 0 Å². The van der Waals surface area contributed by atoms with E-state index in [4.69, 9.17) is 0 Å². The summed E-state index contributed by atoms with van der Waals surface area (Å²) in [4.78, 5) is 24.0. The van der Waals surface area contributed by atoms with Gasteiger partial charge < -0.3 is 5.32 Å². The van der Waals surface area contributed by atoms with E-state index in [1.54, 1.807) is 29.5 Å². The van der Waals surface area contributed by atoms with Gasteiger partial charge in [-0.2, -0.15) is 0 Å². The molecule has 110 valence electrons. The van der Waals surface area contributed by atoms with Gasteiger partial charge in [0, 0.05) is 12.4 Å². The molecule has 3 heterocycles. The largest absolute Gasteiger partial charge is 0.345 e. The molecule has 0 aromatic carbocycles. The van der Waals surface area contributed by atoms with E-state index in [1.807, 2.05) is 19.1 Å². The van der Waals surface area contributed by atoms with Gasteiger partial charge in [0.15, 0.2) is 0 Å². The molecule has 3 aromatic heterocycles. The van der Waals surface area contributed by atoms with Crippen LogP contribution in [0.25, 0.3) is 5.69 Å². The molecular weight excluding hydrogens is 282 g/mol. The molecular formula is C14H13N7O. The molecule has 8 nitrogen and oxygen atoms in total. The van der Waals surface area contributed by atoms with Gasteiger partial charge in [-0.1, -0.05) is 5.21 Å². The van der Waals surface area contributed by atoms with Gasteiger partial charge in [0.1, 0.15) is 11.4 Å². The standard InChI is InChI=1S/C14H13N7O/c1-10-5-17-13(8-16-10)14(22)18-6-11-9-21(20-19-11)12-3-2-4-15-7-12/h2-5,7-9H,6H2,1H3,(H,18,22). The first-order valence-electron chi connectivity index (χ1n) is 6.61. The smallest absolute Gasteiger partial charge is 0.271 e. The predicted molar refractivity (Wildman–Crippen MR) is 77.1 cm³/mol. The molecule has 0 bridgehead atoms. The second kappa shape index (κ2) is 6.08. The van der Waals surface area contributed by atoms with Crippen molar-refractivity contribution in [3.05, 3.63) is 60.2 Å². The molecule has 0 unspecified atom stereocenters. The van der Waals surface area contributed by atoms with Gasteiger partial charge in [-0.15, -0.1) is 5.10 Å². The predicted octanol–water partition coefficient (Wildman–Crippen LogP) is 0.691. The van der Waals surface area contributed by atoms with E-state index in [0.717, 1.165) is 11.4 Å². The molecule has 0 aliphatic heterocycles. The molecule has 1 amide bonds. The Morgan fingerprint density at radius 1 is 1.27 bits per heavy atom. The molecule has 0 fully saturated rings. The maximum atomic E-state index is 11.9. The molecule has 22 heavy (non-hydrogen) atoms. The lowest BCUT2D eigenvalue weighted by Gasteiger charge is -2.02. The van der Waals surface area contributed by atoms with Crippen molar-refractivity contribution in [3.63, 3.8) is 0 Å². The zero-order valence-electron chi connectivity index (χ0n) is 11.8. The minimum Gasteiger partial charge on any atom is -0.345 e. The summed E-state index contributed by atoms with van der Waals surface area (Å²) in [5.74, 6) is -0.302. The highest BCUT2D eigenvalue weighted by atomic mass is 16.1. The second-order valence-electron chi connectivity index (χ2n) is 4.59. The number of aryl methyl sites for hydroxylation is 1. The molecule has 0 aliphatic rings. The minimum atomic E-state index is -0.302. The summed E-state index contributed by atoms with van der Waals surface area (Å²) in [5.41, 5.74) is 2.47. The average molecular weight is 295 g/mol. The van der Waals surface area contributed by atoms with Crippen molar-refractivity contribution in [2.24, 2.45) is 0 Å². The van der Waals surface area contributed by atoms with Crippen molar-refractivity contribution in [3.8, 4) is 5.69 Å². The molecule has 0 aliphatic carbocycles. The molecule has 1 N–H and O–H groups in total. The van der Waals surface area contributed by atoms with Crippen LogP contribution in [0.2, 0.25) is 0 Å². The number of pyridine rings is 1. The number of carbonyl (C=O) groups is 1. The first-order chi connectivity index (χ1) is 10.7. The number of hydrogen-bond donors (Lipinski definition) is 1. The van der Waals surface area contributed by atoms with Gasteiger partial charge in [-0.3, -0.25) is 14.8 Å². The monoisotopic (exact) mass is 295 g/mol. The molecule has 0 saturated carbocycles. The van der Waals surface area contributed by atoms with Crippen molar-refractivity contribution >= 4 is 5.91 Å². The topological polar surface area (TPSA) is 98.5 Å². The van der Waals surface area contributed by atoms with Gasteiger partial charge in [0.25, 0.3) is 5.91 Å². The van der Waals surface area contributed by atoms with Crippen LogP contribution in [0.15, 0.2) is 43.1 Å². The quantitative estimate of drug-likeness (QED) is 0.760. The Bertz CT molecular complexity index is 767. The Balaban J connectivity index is 1.64. The maximum Gasteiger partial charge on any atom is 0.271 e. The molecule has 8 heteroatoms. The number of nitrogens with zero attached hydrogens (tertiary/aromatic N) is 6. The lowest BCUT2D eigenvalue weighted by Crippen LogP contribution is -2.24. The summed E-state index contributed by atoms with van der Waals surface area (Å²) >= 11 is 0. The summed E-state index contributed by atoms with van der Waals surface area (Å²) in [6, 6.07) is 3.68. The number of aromatic nitrogens is 6. The lowest BCUT2D eigenvalue weighted by atomic mass is 10.3. The third-order valence-corrected chi connectivity index (χ3v) is 2.89. The first-order valence-corrected chi connectivity index (χ1v) is 6.61. The van der Waals surface area contributed by atoms with E-state index >= 15 is 0 Å². The van der Waals surface area contributed by atoms with Crippen LogP contribution in [-0.2, 0) is 6.54 Å². The minimum absolute atomic E-state index is 0.259. The number of hydrogen-bond acceptors (Lipinski definition) is 6. The molecule has 0 spiro atoms. The fourth-order valence-corrected chi connectivity index (χ4v) is 1.77. The summed E-state index contributed by atoms with van der Waals surface area (Å²) < 4.78 is 1.60. The Kier molecular flexibility index (Phi) is 3.82. The summed E-state index contributed by atoms with van der Waals surface area (Å²) in [5, 5.41) is 10.7. The van der Waals surface area contributed by atoms with Crippen LogP contribution >= 0.6 is 0 Å². The highest BCUT2D eigenvalue weighted by Crippen LogP contribution is 2.04. The van der Waals surface area contributed by atoms with E-state index in [1.165, 1.54) is 6.20 Å². The fraction of sp³-hybridized carbons (Fsp3) is 0.143. The second-order valence-corrected chi connectivity index (χ2v) is 4.59. The summed E-state index contributed by atoms with van der Waals surface area (Å²) in [6.07, 6.45) is 8.09. The van der Waals surface area contributed by atoms with E-state index in [-0.39, 0.29) is 18.1 Å². The molecule has 3 aromatic rings. The van der Waals surface area contributed by atoms with E-state index < -0.39 is 0 Å². The highest BCUT2D eigenvalue weighted by Gasteiger charge is 2.09. The van der Waals surface area contributed by atoms with Crippen molar-refractivity contribution in [1.29, 1.82) is 0 Å². The fourth-order valence-electron chi connectivity index (χ4n) is 1.77. The van der Waals surface area contributed by atoms with Crippen LogP contribution in [0.3, 0.4) is 0 Å². The van der Waals surface area contributed by atoms with Gasteiger partial charge in [0.2, 0.25) is 0 Å². The number of rotatable bonds is 4. The zero-order chi connectivity index (χ0) is 15.4. The Hall–Kier alpha value is -3.16. The van der Waals surface area contributed by atoms with Gasteiger partial charge in [0.05, 0.1) is 36.5 Å². The Morgan fingerprint density at radius 3 is 2.91 bits per heavy atom. The number of carbonyl (C=O) groups excluding carboxylic acids is 1. The van der Waals surface area contributed by atoms with E-state index in [2.05, 4.69) is 30.6 Å². The van der Waals surface area contributed by atoms with Crippen LogP contribution in [0.5, 0.6) is 0 Å². The lowest BCUT2D eigenvalue weighted by molar-refractivity contribution is 0.0945. The number of amides is 1. The Labute approximate surface area is 126 Å². The van der Waals surface area contributed by atoms with Crippen molar-refractivity contribution in [2.45, 2.75) is 13.5 Å². The van der Waals surface area contributed by atoms with E-state index in [0.29, 0.717) is 5.69 Å². The van der Waals surface area contributed by atoms with Gasteiger partial charge in [-0.05, 0) is 19.1 Å². The Morgan fingerprint density at radius 2 is 2.18 bits per heavy atom. The van der Waals surface area contributed by atoms with Crippen LogP contribution < -0.4 is 5.32 Å². The zero-order valence-corrected chi connectivity index (χ0v) is 11.8.